The predicted octanol–water partition coefficient (Wildman–Crippen LogP) is 3.72. The lowest BCUT2D eigenvalue weighted by Gasteiger charge is -2.17. The summed E-state index contributed by atoms with van der Waals surface area (Å²) in [5.74, 6) is 2.99. The van der Waals surface area contributed by atoms with E-state index in [4.69, 9.17) is 15.2 Å². The van der Waals surface area contributed by atoms with Crippen molar-refractivity contribution in [3.8, 4) is 17.2 Å². The highest BCUT2D eigenvalue weighted by Gasteiger charge is 2.15. The second kappa shape index (κ2) is 7.17. The van der Waals surface area contributed by atoms with Crippen molar-refractivity contribution >= 4 is 11.8 Å². The van der Waals surface area contributed by atoms with Gasteiger partial charge >= 0.3 is 0 Å². The zero-order chi connectivity index (χ0) is 17.0. The number of ether oxygens (including phenoxy) is 2. The molecule has 0 bridgehead atoms. The number of nitrogen functional groups attached to an aromatic ring is 1. The van der Waals surface area contributed by atoms with Gasteiger partial charge in [0, 0.05) is 12.6 Å². The summed E-state index contributed by atoms with van der Waals surface area (Å²) < 4.78 is 11.4. The number of nitrogens with one attached hydrogen (secondary N) is 1. The molecule has 6 nitrogen and oxygen atoms in total. The number of aromatic nitrogens is 2. The molecule has 1 aromatic carbocycles. The molecule has 3 N–H and O–H groups in total. The third kappa shape index (κ3) is 3.83. The molecule has 0 fully saturated rings. The van der Waals surface area contributed by atoms with Crippen molar-refractivity contribution < 1.29 is 9.47 Å². The van der Waals surface area contributed by atoms with Crippen molar-refractivity contribution in [1.29, 1.82) is 0 Å². The van der Waals surface area contributed by atoms with Crippen LogP contribution in [-0.2, 0) is 0 Å². The van der Waals surface area contributed by atoms with Crippen LogP contribution in [0, 0.1) is 6.92 Å². The summed E-state index contributed by atoms with van der Waals surface area (Å²) in [5, 5.41) is 3.02. The van der Waals surface area contributed by atoms with Gasteiger partial charge in [-0.1, -0.05) is 13.8 Å². The number of methoxy groups -OCH3 is 1. The second-order valence-electron chi connectivity index (χ2n) is 5.59. The molecular formula is C17H24N4O2. The Morgan fingerprint density at radius 2 is 1.96 bits per heavy atom. The lowest BCUT2D eigenvalue weighted by Crippen LogP contribution is -2.06. The van der Waals surface area contributed by atoms with Crippen LogP contribution in [-0.4, -0.2) is 23.6 Å². The van der Waals surface area contributed by atoms with Crippen LogP contribution in [0.25, 0.3) is 0 Å². The highest BCUT2D eigenvalue weighted by Crippen LogP contribution is 2.37. The van der Waals surface area contributed by atoms with Crippen LogP contribution in [0.5, 0.6) is 17.2 Å². The summed E-state index contributed by atoms with van der Waals surface area (Å²) in [5.41, 5.74) is 8.13. The summed E-state index contributed by atoms with van der Waals surface area (Å²) in [7, 11) is 1.64. The van der Waals surface area contributed by atoms with Gasteiger partial charge in [-0.3, -0.25) is 0 Å². The molecule has 0 atom stereocenters. The van der Waals surface area contributed by atoms with Crippen molar-refractivity contribution in [1.82, 2.24) is 9.97 Å². The normalized spacial score (nSPS) is 10.7. The first-order valence-electron chi connectivity index (χ1n) is 7.69. The highest BCUT2D eigenvalue weighted by molar-refractivity contribution is 5.53. The minimum atomic E-state index is 0.296. The predicted molar refractivity (Wildman–Crippen MR) is 92.5 cm³/mol. The number of hydrogen-bond acceptors (Lipinski definition) is 6. The van der Waals surface area contributed by atoms with Gasteiger partial charge in [0.25, 0.3) is 0 Å². The van der Waals surface area contributed by atoms with Crippen LogP contribution in [0.15, 0.2) is 18.3 Å². The van der Waals surface area contributed by atoms with E-state index >= 15 is 0 Å². The summed E-state index contributed by atoms with van der Waals surface area (Å²) in [6, 6.07) is 3.95. The smallest absolute Gasteiger partial charge is 0.224 e. The zero-order valence-electron chi connectivity index (χ0n) is 14.3. The topological polar surface area (TPSA) is 82.3 Å². The summed E-state index contributed by atoms with van der Waals surface area (Å²) in [4.78, 5) is 8.39. The van der Waals surface area contributed by atoms with E-state index in [1.54, 1.807) is 13.3 Å². The average molecular weight is 316 g/mol. The van der Waals surface area contributed by atoms with E-state index < -0.39 is 0 Å². The summed E-state index contributed by atoms with van der Waals surface area (Å²) >= 11 is 0. The number of hydrogen-bond donors (Lipinski definition) is 2. The second-order valence-corrected chi connectivity index (χ2v) is 5.59. The maximum absolute atomic E-state index is 5.98. The fourth-order valence-electron chi connectivity index (χ4n) is 2.28. The van der Waals surface area contributed by atoms with Crippen molar-refractivity contribution in [2.75, 3.05) is 24.7 Å². The maximum Gasteiger partial charge on any atom is 0.224 e. The molecule has 0 aliphatic carbocycles. The molecule has 1 heterocycles. The molecule has 0 saturated heterocycles. The van der Waals surface area contributed by atoms with Crippen LogP contribution >= 0.6 is 0 Å². The number of benzene rings is 1. The third-order valence-electron chi connectivity index (χ3n) is 3.49. The van der Waals surface area contributed by atoms with Gasteiger partial charge in [0.15, 0.2) is 11.6 Å². The molecule has 2 aromatic rings. The Balaban J connectivity index is 2.39. The fourth-order valence-corrected chi connectivity index (χ4v) is 2.28. The zero-order valence-corrected chi connectivity index (χ0v) is 14.3. The van der Waals surface area contributed by atoms with Gasteiger partial charge in [-0.15, -0.1) is 0 Å². The van der Waals surface area contributed by atoms with Gasteiger partial charge in [-0.2, -0.15) is 4.98 Å². The minimum Gasteiger partial charge on any atom is -0.496 e. The molecule has 0 aliphatic rings. The number of anilines is 2. The Hall–Kier alpha value is -2.50. The van der Waals surface area contributed by atoms with Crippen molar-refractivity contribution in [2.24, 2.45) is 0 Å². The number of aryl methyl sites for hydroxylation is 1. The molecule has 1 aromatic heterocycles. The third-order valence-corrected chi connectivity index (χ3v) is 3.49. The van der Waals surface area contributed by atoms with E-state index in [0.29, 0.717) is 29.2 Å². The molecule has 23 heavy (non-hydrogen) atoms. The van der Waals surface area contributed by atoms with E-state index in [1.165, 1.54) is 0 Å². The van der Waals surface area contributed by atoms with Crippen LogP contribution in [0.2, 0.25) is 0 Å². The van der Waals surface area contributed by atoms with E-state index in [-0.39, 0.29) is 0 Å². The van der Waals surface area contributed by atoms with Gasteiger partial charge in [-0.25, -0.2) is 4.98 Å². The summed E-state index contributed by atoms with van der Waals surface area (Å²) in [6.45, 7) is 8.94. The van der Waals surface area contributed by atoms with Crippen LogP contribution in [0.1, 0.15) is 37.8 Å². The highest BCUT2D eigenvalue weighted by atomic mass is 16.5. The Labute approximate surface area is 137 Å². The van der Waals surface area contributed by atoms with E-state index in [9.17, 15) is 0 Å². The lowest BCUT2D eigenvalue weighted by atomic mass is 9.99. The Morgan fingerprint density at radius 3 is 2.52 bits per heavy atom. The molecular weight excluding hydrogens is 292 g/mol. The first-order valence-corrected chi connectivity index (χ1v) is 7.69. The monoisotopic (exact) mass is 316 g/mol. The van der Waals surface area contributed by atoms with Gasteiger partial charge in [0.2, 0.25) is 5.95 Å². The molecule has 6 heteroatoms. The van der Waals surface area contributed by atoms with Crippen molar-refractivity contribution in [3.63, 3.8) is 0 Å². The first-order chi connectivity index (χ1) is 11.0. The Kier molecular flexibility index (Phi) is 5.26. The largest absolute Gasteiger partial charge is 0.496 e. The van der Waals surface area contributed by atoms with Gasteiger partial charge in [0.05, 0.1) is 13.3 Å². The van der Waals surface area contributed by atoms with Crippen LogP contribution in [0.3, 0.4) is 0 Å². The minimum absolute atomic E-state index is 0.296. The molecule has 2 rings (SSSR count). The van der Waals surface area contributed by atoms with Crippen molar-refractivity contribution in [3.05, 3.63) is 29.5 Å². The summed E-state index contributed by atoms with van der Waals surface area (Å²) in [6.07, 6.45) is 1.58. The van der Waals surface area contributed by atoms with E-state index in [1.807, 2.05) is 19.9 Å². The van der Waals surface area contributed by atoms with Gasteiger partial charge in [0.1, 0.15) is 11.5 Å². The quantitative estimate of drug-likeness (QED) is 0.845. The van der Waals surface area contributed by atoms with Crippen molar-refractivity contribution in [2.45, 2.75) is 33.6 Å². The first kappa shape index (κ1) is 16.9. The van der Waals surface area contributed by atoms with Gasteiger partial charge < -0.3 is 20.5 Å². The molecule has 0 unspecified atom stereocenters. The Morgan fingerprint density at radius 1 is 1.22 bits per heavy atom. The fraction of sp³-hybridized carbons (Fsp3) is 0.412. The Bertz CT molecular complexity index is 687. The standard InChI is InChI=1S/C17H24N4O2/c1-6-19-17-20-9-15(16(18)21-17)23-14-8-13(22-5)11(4)7-12(14)10(2)3/h7-10H,6H2,1-5H3,(H3,18,19,20,21). The lowest BCUT2D eigenvalue weighted by molar-refractivity contribution is 0.404. The van der Waals surface area contributed by atoms with E-state index in [0.717, 1.165) is 23.4 Å². The number of nitrogens with two attached hydrogens (primary N) is 1. The van der Waals surface area contributed by atoms with Crippen LogP contribution in [0.4, 0.5) is 11.8 Å². The SMILES string of the molecule is CCNc1ncc(Oc2cc(OC)c(C)cc2C(C)C)c(N)n1. The maximum atomic E-state index is 5.98. The molecule has 0 amide bonds. The van der Waals surface area contributed by atoms with E-state index in [2.05, 4.69) is 35.2 Å². The molecule has 124 valence electrons. The molecule has 0 aliphatic heterocycles. The molecule has 0 saturated carbocycles. The molecule has 0 spiro atoms. The average Bonchev–Trinajstić information content (AvgIpc) is 2.51. The number of nitrogens with zero attached hydrogens (tertiary/aromatic N) is 2. The number of rotatable bonds is 6. The molecule has 0 radical (unpaired) electrons. The van der Waals surface area contributed by atoms with Gasteiger partial charge in [-0.05, 0) is 37.0 Å². The van der Waals surface area contributed by atoms with Crippen LogP contribution < -0.4 is 20.5 Å².